The Kier molecular flexibility index (Phi) is 8.34. The smallest absolute Gasteiger partial charge is 0.240 e. The van der Waals surface area contributed by atoms with Crippen molar-refractivity contribution in [2.45, 2.75) is 46.5 Å². The predicted octanol–water partition coefficient (Wildman–Crippen LogP) is 5.04. The van der Waals surface area contributed by atoms with Gasteiger partial charge in [-0.3, -0.25) is 9.59 Å². The maximum absolute atomic E-state index is 11.9. The van der Waals surface area contributed by atoms with Crippen LogP contribution in [0.2, 0.25) is 0 Å². The first-order valence-electron chi connectivity index (χ1n) is 9.80. The molecule has 152 valence electrons. The maximum atomic E-state index is 11.9. The third-order valence-corrected chi connectivity index (χ3v) is 4.37. The lowest BCUT2D eigenvalue weighted by Gasteiger charge is -2.05. The molecule has 29 heavy (non-hydrogen) atoms. The zero-order valence-corrected chi connectivity index (χ0v) is 17.5. The molecule has 0 aromatic heterocycles. The summed E-state index contributed by atoms with van der Waals surface area (Å²) in [5, 5.41) is 6.73. The second-order valence-electron chi connectivity index (χ2n) is 7.42. The molecule has 0 atom stereocenters. The van der Waals surface area contributed by atoms with Gasteiger partial charge in [0.2, 0.25) is 11.8 Å². The normalized spacial score (nSPS) is 11.7. The number of nitrogens with zero attached hydrogens (tertiary/aromatic N) is 1. The second-order valence-corrected chi connectivity index (χ2v) is 7.42. The van der Waals surface area contributed by atoms with Gasteiger partial charge in [0.25, 0.3) is 0 Å². The van der Waals surface area contributed by atoms with Gasteiger partial charge in [-0.1, -0.05) is 61.9 Å². The predicted molar refractivity (Wildman–Crippen MR) is 120 cm³/mol. The SMILES string of the molecule is CC(/C=N/NC(=O)CCC(=O)Nc1ccc(C)cc1)=C\c1ccc(C(C)C)cc1. The molecule has 0 saturated heterocycles. The zero-order chi connectivity index (χ0) is 21.2. The monoisotopic (exact) mass is 391 g/mol. The van der Waals surface area contributed by atoms with E-state index in [4.69, 9.17) is 0 Å². The number of hydrazone groups is 1. The summed E-state index contributed by atoms with van der Waals surface area (Å²) in [6.07, 6.45) is 3.77. The minimum absolute atomic E-state index is 0.0778. The Morgan fingerprint density at radius 1 is 0.966 bits per heavy atom. The number of hydrogen-bond donors (Lipinski definition) is 2. The van der Waals surface area contributed by atoms with Gasteiger partial charge in [0.1, 0.15) is 0 Å². The summed E-state index contributed by atoms with van der Waals surface area (Å²) in [5.74, 6) is 0.00756. The molecule has 2 rings (SSSR count). The number of aryl methyl sites for hydroxylation is 1. The van der Waals surface area contributed by atoms with E-state index in [2.05, 4.69) is 54.0 Å². The zero-order valence-electron chi connectivity index (χ0n) is 17.5. The summed E-state index contributed by atoms with van der Waals surface area (Å²) in [7, 11) is 0. The topological polar surface area (TPSA) is 70.6 Å². The molecular weight excluding hydrogens is 362 g/mol. The summed E-state index contributed by atoms with van der Waals surface area (Å²) >= 11 is 0. The molecule has 2 aromatic rings. The van der Waals surface area contributed by atoms with E-state index < -0.39 is 0 Å². The van der Waals surface area contributed by atoms with Crippen LogP contribution in [0.1, 0.15) is 56.2 Å². The Morgan fingerprint density at radius 3 is 2.21 bits per heavy atom. The Hall–Kier alpha value is -3.21. The van der Waals surface area contributed by atoms with Gasteiger partial charge in [-0.2, -0.15) is 5.10 Å². The number of rotatable bonds is 8. The molecule has 0 saturated carbocycles. The molecule has 2 amide bonds. The molecule has 0 fully saturated rings. The van der Waals surface area contributed by atoms with Gasteiger partial charge in [0, 0.05) is 18.5 Å². The van der Waals surface area contributed by atoms with E-state index in [0.29, 0.717) is 5.92 Å². The Balaban J connectivity index is 1.75. The molecule has 0 aliphatic rings. The Bertz CT molecular complexity index is 879. The average molecular weight is 392 g/mol. The van der Waals surface area contributed by atoms with Crippen LogP contribution in [0.4, 0.5) is 5.69 Å². The largest absolute Gasteiger partial charge is 0.326 e. The van der Waals surface area contributed by atoms with Crippen LogP contribution in [-0.4, -0.2) is 18.0 Å². The van der Waals surface area contributed by atoms with Gasteiger partial charge in [0.15, 0.2) is 0 Å². The van der Waals surface area contributed by atoms with E-state index in [9.17, 15) is 9.59 Å². The highest BCUT2D eigenvalue weighted by Gasteiger charge is 2.06. The number of carbonyl (C=O) groups excluding carboxylic acids is 2. The summed E-state index contributed by atoms with van der Waals surface area (Å²) in [5.41, 5.74) is 7.60. The van der Waals surface area contributed by atoms with E-state index >= 15 is 0 Å². The van der Waals surface area contributed by atoms with E-state index in [1.807, 2.05) is 44.2 Å². The van der Waals surface area contributed by atoms with Crippen molar-refractivity contribution >= 4 is 29.8 Å². The van der Waals surface area contributed by atoms with Gasteiger partial charge in [-0.25, -0.2) is 5.43 Å². The summed E-state index contributed by atoms with van der Waals surface area (Å²) in [6, 6.07) is 15.9. The molecule has 5 nitrogen and oxygen atoms in total. The fraction of sp³-hybridized carbons (Fsp3) is 0.292. The number of allylic oxidation sites excluding steroid dienone is 1. The van der Waals surface area contributed by atoms with E-state index in [1.54, 1.807) is 6.21 Å². The molecule has 0 bridgehead atoms. The highest BCUT2D eigenvalue weighted by molar-refractivity contribution is 5.93. The number of hydrogen-bond acceptors (Lipinski definition) is 3. The highest BCUT2D eigenvalue weighted by atomic mass is 16.2. The standard InChI is InChI=1S/C24H29N3O2/c1-17(2)21-9-7-20(8-10-21)15-19(4)16-25-27-24(29)14-13-23(28)26-22-11-5-18(3)6-12-22/h5-12,15-17H,13-14H2,1-4H3,(H,26,28)(H,27,29)/b19-15+,25-16+. The summed E-state index contributed by atoms with van der Waals surface area (Å²) < 4.78 is 0. The maximum Gasteiger partial charge on any atom is 0.240 e. The van der Waals surface area contributed by atoms with Crippen LogP contribution in [0.15, 0.2) is 59.2 Å². The van der Waals surface area contributed by atoms with Crippen molar-refractivity contribution in [1.29, 1.82) is 0 Å². The molecule has 0 aliphatic carbocycles. The average Bonchev–Trinajstić information content (AvgIpc) is 2.68. The van der Waals surface area contributed by atoms with Crippen molar-refractivity contribution in [3.63, 3.8) is 0 Å². The molecule has 0 spiro atoms. The lowest BCUT2D eigenvalue weighted by Crippen LogP contribution is -2.20. The summed E-state index contributed by atoms with van der Waals surface area (Å²) in [6.45, 7) is 8.23. The van der Waals surface area contributed by atoms with Crippen LogP contribution in [0.25, 0.3) is 6.08 Å². The number of carbonyl (C=O) groups is 2. The van der Waals surface area contributed by atoms with Crippen LogP contribution in [0.5, 0.6) is 0 Å². The van der Waals surface area contributed by atoms with Crippen molar-refractivity contribution in [1.82, 2.24) is 5.43 Å². The van der Waals surface area contributed by atoms with Gasteiger partial charge in [-0.05, 0) is 48.6 Å². The molecule has 2 aromatic carbocycles. The Morgan fingerprint density at radius 2 is 1.59 bits per heavy atom. The minimum atomic E-state index is -0.297. The first kappa shape index (κ1) is 22.1. The van der Waals surface area contributed by atoms with E-state index in [-0.39, 0.29) is 24.7 Å². The van der Waals surface area contributed by atoms with Crippen LogP contribution >= 0.6 is 0 Å². The number of nitrogens with one attached hydrogen (secondary N) is 2. The van der Waals surface area contributed by atoms with Crippen molar-refractivity contribution < 1.29 is 9.59 Å². The Labute approximate surface area is 172 Å². The van der Waals surface area contributed by atoms with Gasteiger partial charge < -0.3 is 5.32 Å². The second kappa shape index (κ2) is 11.0. The molecular formula is C24H29N3O2. The fourth-order valence-electron chi connectivity index (χ4n) is 2.63. The molecule has 0 heterocycles. The van der Waals surface area contributed by atoms with Crippen molar-refractivity contribution in [3.05, 3.63) is 70.8 Å². The van der Waals surface area contributed by atoms with Gasteiger partial charge in [0.05, 0.1) is 6.21 Å². The van der Waals surface area contributed by atoms with Gasteiger partial charge in [-0.15, -0.1) is 0 Å². The first-order valence-corrected chi connectivity index (χ1v) is 9.80. The fourth-order valence-corrected chi connectivity index (χ4v) is 2.63. The van der Waals surface area contributed by atoms with Crippen molar-refractivity contribution in [2.75, 3.05) is 5.32 Å². The van der Waals surface area contributed by atoms with Crippen LogP contribution in [0, 0.1) is 6.92 Å². The number of anilines is 1. The number of amides is 2. The van der Waals surface area contributed by atoms with Crippen molar-refractivity contribution in [2.24, 2.45) is 5.10 Å². The highest BCUT2D eigenvalue weighted by Crippen LogP contribution is 2.16. The molecule has 0 radical (unpaired) electrons. The quantitative estimate of drug-likeness (QED) is 0.489. The number of benzene rings is 2. The van der Waals surface area contributed by atoms with E-state index in [0.717, 1.165) is 22.4 Å². The first-order chi connectivity index (χ1) is 13.8. The minimum Gasteiger partial charge on any atom is -0.326 e. The third kappa shape index (κ3) is 8.13. The molecule has 0 aliphatic heterocycles. The van der Waals surface area contributed by atoms with Crippen molar-refractivity contribution in [3.8, 4) is 0 Å². The van der Waals surface area contributed by atoms with Crippen LogP contribution in [0.3, 0.4) is 0 Å². The van der Waals surface area contributed by atoms with Gasteiger partial charge >= 0.3 is 0 Å². The molecule has 5 heteroatoms. The van der Waals surface area contributed by atoms with Crippen LogP contribution < -0.4 is 10.7 Å². The summed E-state index contributed by atoms with van der Waals surface area (Å²) in [4.78, 5) is 23.8. The van der Waals surface area contributed by atoms with E-state index in [1.165, 1.54) is 5.56 Å². The van der Waals surface area contributed by atoms with Crippen LogP contribution in [-0.2, 0) is 9.59 Å². The molecule has 2 N–H and O–H groups in total. The molecule has 0 unspecified atom stereocenters. The lowest BCUT2D eigenvalue weighted by molar-refractivity contribution is -0.124. The lowest BCUT2D eigenvalue weighted by atomic mass is 10.0. The third-order valence-electron chi connectivity index (χ3n) is 4.37.